The Morgan fingerprint density at radius 2 is 1.83 bits per heavy atom. The van der Waals surface area contributed by atoms with Gasteiger partial charge in [-0.15, -0.1) is 12.4 Å². The summed E-state index contributed by atoms with van der Waals surface area (Å²) in [6, 6.07) is 19.5. The number of hydrogen-bond acceptors (Lipinski definition) is 5. The van der Waals surface area contributed by atoms with Crippen LogP contribution in [-0.4, -0.2) is 39.2 Å². The summed E-state index contributed by atoms with van der Waals surface area (Å²) in [7, 11) is 0. The van der Waals surface area contributed by atoms with E-state index in [0.29, 0.717) is 18.3 Å². The van der Waals surface area contributed by atoms with Gasteiger partial charge < -0.3 is 9.63 Å². The highest BCUT2D eigenvalue weighted by atomic mass is 35.5. The van der Waals surface area contributed by atoms with Gasteiger partial charge in [0.2, 0.25) is 11.7 Å². The summed E-state index contributed by atoms with van der Waals surface area (Å²) < 4.78 is 5.71. The van der Waals surface area contributed by atoms with Gasteiger partial charge in [-0.1, -0.05) is 72.2 Å². The lowest BCUT2D eigenvalue weighted by atomic mass is 9.81. The molecular formula is C23H24ClN3O3. The quantitative estimate of drug-likeness (QED) is 0.651. The molecule has 1 aromatic heterocycles. The number of hydrogen-bond donors (Lipinski definition) is 1. The van der Waals surface area contributed by atoms with Gasteiger partial charge in [-0.05, 0) is 24.3 Å². The average molecular weight is 426 g/mol. The van der Waals surface area contributed by atoms with Crippen molar-refractivity contribution in [3.63, 3.8) is 0 Å². The summed E-state index contributed by atoms with van der Waals surface area (Å²) in [5.74, 6) is 0.553. The van der Waals surface area contributed by atoms with Crippen molar-refractivity contribution in [2.24, 2.45) is 11.3 Å². The van der Waals surface area contributed by atoms with Crippen LogP contribution in [-0.2, 0) is 4.79 Å². The molecule has 6 nitrogen and oxygen atoms in total. The standard InChI is InChI=1S/C23H23N3O3.ClH/c27-22(28)23-13-7-12-18(23)14-26(15-23)19(16-8-3-1-4-9-16)21-24-20(25-29-21)17-10-5-2-6-11-17;/h1-6,8-11,18-19H,7,12-15H2,(H,27,28);1H/t18-,19?,23+;/m0./s1. The van der Waals surface area contributed by atoms with Crippen molar-refractivity contribution < 1.29 is 14.4 Å². The van der Waals surface area contributed by atoms with Gasteiger partial charge >= 0.3 is 5.97 Å². The Hall–Kier alpha value is -2.70. The molecule has 7 heteroatoms. The second-order valence-corrected chi connectivity index (χ2v) is 8.12. The van der Waals surface area contributed by atoms with Crippen molar-refractivity contribution in [1.82, 2.24) is 15.0 Å². The third kappa shape index (κ3) is 3.40. The van der Waals surface area contributed by atoms with Gasteiger partial charge in [-0.2, -0.15) is 4.98 Å². The van der Waals surface area contributed by atoms with Gasteiger partial charge in [0.15, 0.2) is 0 Å². The van der Waals surface area contributed by atoms with Crippen molar-refractivity contribution >= 4 is 18.4 Å². The molecule has 2 aromatic carbocycles. The molecule has 156 valence electrons. The highest BCUT2D eigenvalue weighted by Gasteiger charge is 2.56. The largest absolute Gasteiger partial charge is 0.481 e. The maximum atomic E-state index is 12.2. The smallest absolute Gasteiger partial charge is 0.311 e. The Morgan fingerprint density at radius 3 is 2.50 bits per heavy atom. The van der Waals surface area contributed by atoms with Crippen LogP contribution in [0, 0.1) is 11.3 Å². The molecule has 2 heterocycles. The predicted molar refractivity (Wildman–Crippen MR) is 114 cm³/mol. The van der Waals surface area contributed by atoms with E-state index in [-0.39, 0.29) is 24.4 Å². The second-order valence-electron chi connectivity index (χ2n) is 8.12. The number of rotatable bonds is 5. The van der Waals surface area contributed by atoms with E-state index in [1.54, 1.807) is 0 Å². The average Bonchev–Trinajstić information content (AvgIpc) is 3.45. The van der Waals surface area contributed by atoms with Crippen LogP contribution in [0.1, 0.15) is 36.8 Å². The maximum absolute atomic E-state index is 12.2. The first-order valence-corrected chi connectivity index (χ1v) is 10.1. The van der Waals surface area contributed by atoms with Gasteiger partial charge in [-0.3, -0.25) is 9.69 Å². The normalized spacial score (nSPS) is 24.2. The molecule has 0 amide bonds. The van der Waals surface area contributed by atoms with Crippen LogP contribution in [0.2, 0.25) is 0 Å². The lowest BCUT2D eigenvalue weighted by Crippen LogP contribution is -2.36. The summed E-state index contributed by atoms with van der Waals surface area (Å²) in [4.78, 5) is 19.1. The molecule has 0 spiro atoms. The summed E-state index contributed by atoms with van der Waals surface area (Å²) in [6.45, 7) is 1.24. The molecule has 2 fully saturated rings. The molecular weight excluding hydrogens is 402 g/mol. The first kappa shape index (κ1) is 20.6. The van der Waals surface area contributed by atoms with Crippen molar-refractivity contribution in [2.75, 3.05) is 13.1 Å². The number of carboxylic acid groups (broad SMARTS) is 1. The van der Waals surface area contributed by atoms with Crippen LogP contribution in [0.4, 0.5) is 0 Å². The fourth-order valence-corrected chi connectivity index (χ4v) is 5.07. The number of benzene rings is 2. The molecule has 2 aliphatic rings. The van der Waals surface area contributed by atoms with Gasteiger partial charge in [-0.25, -0.2) is 0 Å². The van der Waals surface area contributed by atoms with Gasteiger partial charge in [0.05, 0.1) is 5.41 Å². The number of aromatic nitrogens is 2. The molecule has 1 unspecified atom stereocenters. The first-order valence-electron chi connectivity index (χ1n) is 10.1. The predicted octanol–water partition coefficient (Wildman–Crippen LogP) is 4.43. The SMILES string of the molecule is Cl.O=C(O)[C@@]12CCC[C@H]1CN(C(c1ccccc1)c1nc(-c3ccccc3)no1)C2. The fraction of sp³-hybridized carbons (Fsp3) is 0.348. The van der Waals surface area contributed by atoms with E-state index in [9.17, 15) is 9.90 Å². The number of carbonyl (C=O) groups is 1. The van der Waals surface area contributed by atoms with E-state index in [4.69, 9.17) is 9.51 Å². The zero-order chi connectivity index (χ0) is 19.8. The first-order chi connectivity index (χ1) is 14.2. The van der Waals surface area contributed by atoms with E-state index in [2.05, 4.69) is 10.1 Å². The number of fused-ring (bicyclic) bond motifs is 1. The minimum absolute atomic E-state index is 0. The van der Waals surface area contributed by atoms with E-state index in [1.165, 1.54) is 0 Å². The highest BCUT2D eigenvalue weighted by molar-refractivity contribution is 5.85. The Kier molecular flexibility index (Phi) is 5.62. The number of aliphatic carboxylic acids is 1. The minimum Gasteiger partial charge on any atom is -0.481 e. The third-order valence-corrected chi connectivity index (χ3v) is 6.51. The van der Waals surface area contributed by atoms with Gasteiger partial charge in [0, 0.05) is 18.7 Å². The van der Waals surface area contributed by atoms with Gasteiger partial charge in [0.1, 0.15) is 6.04 Å². The van der Waals surface area contributed by atoms with Crippen LogP contribution in [0.15, 0.2) is 65.2 Å². The fourth-order valence-electron chi connectivity index (χ4n) is 5.07. The molecule has 1 N–H and O–H groups in total. The van der Waals surface area contributed by atoms with Crippen molar-refractivity contribution in [1.29, 1.82) is 0 Å². The van der Waals surface area contributed by atoms with Crippen LogP contribution in [0.5, 0.6) is 0 Å². The third-order valence-electron chi connectivity index (χ3n) is 6.51. The van der Waals surface area contributed by atoms with Crippen molar-refractivity contribution in [3.05, 3.63) is 72.1 Å². The van der Waals surface area contributed by atoms with Crippen LogP contribution in [0.3, 0.4) is 0 Å². The molecule has 1 aliphatic heterocycles. The molecule has 0 radical (unpaired) electrons. The summed E-state index contributed by atoms with van der Waals surface area (Å²) >= 11 is 0. The molecule has 3 atom stereocenters. The number of carboxylic acids is 1. The molecule has 1 saturated carbocycles. The summed E-state index contributed by atoms with van der Waals surface area (Å²) in [5, 5.41) is 14.2. The number of likely N-dealkylation sites (tertiary alicyclic amines) is 1. The van der Waals surface area contributed by atoms with E-state index >= 15 is 0 Å². The van der Waals surface area contributed by atoms with Crippen molar-refractivity contribution in [2.45, 2.75) is 25.3 Å². The summed E-state index contributed by atoms with van der Waals surface area (Å²) in [5.41, 5.74) is 1.28. The van der Waals surface area contributed by atoms with Crippen LogP contribution < -0.4 is 0 Å². The highest BCUT2D eigenvalue weighted by Crippen LogP contribution is 2.51. The molecule has 5 rings (SSSR count). The monoisotopic (exact) mass is 425 g/mol. The lowest BCUT2D eigenvalue weighted by Gasteiger charge is -2.27. The van der Waals surface area contributed by atoms with Crippen molar-refractivity contribution in [3.8, 4) is 11.4 Å². The van der Waals surface area contributed by atoms with Crippen LogP contribution >= 0.6 is 12.4 Å². The van der Waals surface area contributed by atoms with Crippen LogP contribution in [0.25, 0.3) is 11.4 Å². The van der Waals surface area contributed by atoms with E-state index < -0.39 is 11.4 Å². The lowest BCUT2D eigenvalue weighted by molar-refractivity contribution is -0.149. The molecule has 0 bridgehead atoms. The maximum Gasteiger partial charge on any atom is 0.311 e. The van der Waals surface area contributed by atoms with Gasteiger partial charge in [0.25, 0.3) is 0 Å². The molecule has 3 aromatic rings. The van der Waals surface area contributed by atoms with E-state index in [0.717, 1.165) is 36.9 Å². The minimum atomic E-state index is -0.676. The topological polar surface area (TPSA) is 79.5 Å². The molecule has 1 aliphatic carbocycles. The Labute approximate surface area is 181 Å². The Bertz CT molecular complexity index is 1010. The second kappa shape index (κ2) is 8.20. The molecule has 30 heavy (non-hydrogen) atoms. The Morgan fingerprint density at radius 1 is 1.13 bits per heavy atom. The van der Waals surface area contributed by atoms with E-state index in [1.807, 2.05) is 60.7 Å². The zero-order valence-electron chi connectivity index (χ0n) is 16.5. The number of halogens is 1. The zero-order valence-corrected chi connectivity index (χ0v) is 17.3. The number of nitrogens with zero attached hydrogens (tertiary/aromatic N) is 3. The Balaban J connectivity index is 0.00000218. The summed E-state index contributed by atoms with van der Waals surface area (Å²) in [6.07, 6.45) is 2.69. The molecule has 1 saturated heterocycles.